The maximum atomic E-state index is 12.9. The molecule has 0 radical (unpaired) electrons. The standard InChI is InChI=1S/C77H134O6/c1-4-7-10-13-15-17-19-21-23-25-27-29-31-33-34-35-36-37-38-39-40-41-42-44-45-47-49-51-53-55-57-59-61-64-67-70-76(79)82-73-74(72-81-75(78)69-66-63-12-9-6-3)83-77(80)71-68-65-62-60-58-56-54-52-50-48-46-43-32-30-28-26-24-22-20-18-16-14-11-8-5-2/h7,10,15,17,21,23,26-29,33-34,36-37,39-40,74H,4-6,8-9,11-14,16,18-20,22,24-25,30-32,35,38,41-73H2,1-3H3/b10-7-,17-15-,23-21-,28-26-,29-27-,34-33-,37-36-,40-39-. The van der Waals surface area contributed by atoms with E-state index in [1.165, 1.54) is 205 Å². The zero-order chi connectivity index (χ0) is 59.9. The van der Waals surface area contributed by atoms with E-state index in [9.17, 15) is 14.4 Å². The lowest BCUT2D eigenvalue weighted by molar-refractivity contribution is -0.167. The van der Waals surface area contributed by atoms with E-state index in [1.807, 2.05) is 0 Å². The SMILES string of the molecule is CC/C=C\C/C=C\C/C=C\C/C=C\C/C=C\C/C=C\C/C=C\CCCCCCCCCCCCCCCC(=O)OCC(COC(=O)CCCCCCC)OC(=O)CCCCCCCCCCCCCCC/C=C\CCCCCCCCCC. The molecule has 0 heterocycles. The number of ether oxygens (including phenoxy) is 3. The van der Waals surface area contributed by atoms with Gasteiger partial charge in [0.15, 0.2) is 6.10 Å². The van der Waals surface area contributed by atoms with Crippen LogP contribution in [0.1, 0.15) is 355 Å². The van der Waals surface area contributed by atoms with Crippen LogP contribution in [0.5, 0.6) is 0 Å². The van der Waals surface area contributed by atoms with E-state index >= 15 is 0 Å². The second kappa shape index (κ2) is 70.8. The van der Waals surface area contributed by atoms with E-state index in [2.05, 4.69) is 118 Å². The predicted molar refractivity (Wildman–Crippen MR) is 362 cm³/mol. The van der Waals surface area contributed by atoms with Gasteiger partial charge in [-0.1, -0.05) is 330 Å². The Kier molecular flexibility index (Phi) is 67.7. The fourth-order valence-electron chi connectivity index (χ4n) is 10.2. The Morgan fingerprint density at radius 2 is 0.470 bits per heavy atom. The number of allylic oxidation sites excluding steroid dienone is 16. The van der Waals surface area contributed by atoms with Crippen molar-refractivity contribution in [1.29, 1.82) is 0 Å². The van der Waals surface area contributed by atoms with Gasteiger partial charge >= 0.3 is 17.9 Å². The van der Waals surface area contributed by atoms with Crippen LogP contribution in [0.3, 0.4) is 0 Å². The average Bonchev–Trinajstić information content (AvgIpc) is 3.49. The maximum absolute atomic E-state index is 12.9. The van der Waals surface area contributed by atoms with Crippen molar-refractivity contribution in [3.05, 3.63) is 97.2 Å². The van der Waals surface area contributed by atoms with Crippen LogP contribution >= 0.6 is 0 Å². The topological polar surface area (TPSA) is 78.9 Å². The van der Waals surface area contributed by atoms with Gasteiger partial charge in [0, 0.05) is 19.3 Å². The summed E-state index contributed by atoms with van der Waals surface area (Å²) in [6, 6.07) is 0. The molecule has 0 saturated heterocycles. The predicted octanol–water partition coefficient (Wildman–Crippen LogP) is 24.8. The van der Waals surface area contributed by atoms with Crippen molar-refractivity contribution in [2.45, 2.75) is 361 Å². The second-order valence-electron chi connectivity index (χ2n) is 23.8. The number of rotatable bonds is 65. The monoisotopic (exact) mass is 1160 g/mol. The van der Waals surface area contributed by atoms with Crippen LogP contribution < -0.4 is 0 Å². The maximum Gasteiger partial charge on any atom is 0.306 e. The fourth-order valence-corrected chi connectivity index (χ4v) is 10.2. The number of unbranched alkanes of at least 4 members (excludes halogenated alkanes) is 38. The summed E-state index contributed by atoms with van der Waals surface area (Å²) in [6.07, 6.45) is 96.4. The summed E-state index contributed by atoms with van der Waals surface area (Å²) in [5.74, 6) is -0.874. The molecular formula is C77H134O6. The molecule has 1 atom stereocenters. The van der Waals surface area contributed by atoms with Crippen molar-refractivity contribution >= 4 is 17.9 Å². The van der Waals surface area contributed by atoms with Gasteiger partial charge in [-0.05, 0) is 103 Å². The Balaban J connectivity index is 3.97. The number of esters is 3. The molecule has 0 bridgehead atoms. The smallest absolute Gasteiger partial charge is 0.306 e. The van der Waals surface area contributed by atoms with Crippen molar-refractivity contribution in [2.75, 3.05) is 13.2 Å². The van der Waals surface area contributed by atoms with Crippen molar-refractivity contribution in [2.24, 2.45) is 0 Å². The molecular weight excluding hydrogens is 1020 g/mol. The average molecular weight is 1160 g/mol. The molecule has 6 heteroatoms. The van der Waals surface area contributed by atoms with Crippen molar-refractivity contribution in [3.63, 3.8) is 0 Å². The van der Waals surface area contributed by atoms with Crippen LogP contribution in [-0.4, -0.2) is 37.2 Å². The highest BCUT2D eigenvalue weighted by Gasteiger charge is 2.19. The zero-order valence-electron chi connectivity index (χ0n) is 54.9. The van der Waals surface area contributed by atoms with E-state index < -0.39 is 6.10 Å². The summed E-state index contributed by atoms with van der Waals surface area (Å²) < 4.78 is 16.8. The molecule has 0 aromatic heterocycles. The molecule has 0 aliphatic heterocycles. The van der Waals surface area contributed by atoms with Crippen molar-refractivity contribution < 1.29 is 28.6 Å². The third-order valence-corrected chi connectivity index (χ3v) is 15.6. The number of carbonyl (C=O) groups excluding carboxylic acids is 3. The van der Waals surface area contributed by atoms with E-state index in [4.69, 9.17) is 14.2 Å². The summed E-state index contributed by atoms with van der Waals surface area (Å²) in [4.78, 5) is 38.0. The molecule has 0 aromatic carbocycles. The molecule has 478 valence electrons. The van der Waals surface area contributed by atoms with Crippen LogP contribution in [0, 0.1) is 0 Å². The van der Waals surface area contributed by atoms with Gasteiger partial charge in [0.2, 0.25) is 0 Å². The Bertz CT molecular complexity index is 1610. The summed E-state index contributed by atoms with van der Waals surface area (Å²) in [6.45, 7) is 6.48. The van der Waals surface area contributed by atoms with Gasteiger partial charge in [-0.3, -0.25) is 14.4 Å². The first kappa shape index (κ1) is 79.3. The van der Waals surface area contributed by atoms with Crippen LogP contribution in [0.15, 0.2) is 97.2 Å². The van der Waals surface area contributed by atoms with E-state index in [0.717, 1.165) is 109 Å². The normalized spacial score (nSPS) is 12.7. The second-order valence-corrected chi connectivity index (χ2v) is 23.8. The lowest BCUT2D eigenvalue weighted by Crippen LogP contribution is -2.30. The molecule has 0 aliphatic carbocycles. The Hall–Kier alpha value is -3.67. The van der Waals surface area contributed by atoms with Crippen molar-refractivity contribution in [3.8, 4) is 0 Å². The largest absolute Gasteiger partial charge is 0.462 e. The number of hydrogen-bond acceptors (Lipinski definition) is 6. The summed E-state index contributed by atoms with van der Waals surface area (Å²) in [5, 5.41) is 0. The van der Waals surface area contributed by atoms with Gasteiger partial charge in [-0.15, -0.1) is 0 Å². The molecule has 6 nitrogen and oxygen atoms in total. The first-order valence-corrected chi connectivity index (χ1v) is 35.7. The highest BCUT2D eigenvalue weighted by atomic mass is 16.6. The molecule has 83 heavy (non-hydrogen) atoms. The molecule has 0 aliphatic rings. The molecule has 0 saturated carbocycles. The van der Waals surface area contributed by atoms with Gasteiger partial charge < -0.3 is 14.2 Å². The van der Waals surface area contributed by atoms with Gasteiger partial charge in [-0.2, -0.15) is 0 Å². The minimum absolute atomic E-state index is 0.0743. The van der Waals surface area contributed by atoms with Gasteiger partial charge in [0.25, 0.3) is 0 Å². The molecule has 0 rings (SSSR count). The van der Waals surface area contributed by atoms with E-state index in [0.29, 0.717) is 19.3 Å². The minimum Gasteiger partial charge on any atom is -0.462 e. The lowest BCUT2D eigenvalue weighted by Gasteiger charge is -2.18. The van der Waals surface area contributed by atoms with E-state index in [-0.39, 0.29) is 31.1 Å². The summed E-state index contributed by atoms with van der Waals surface area (Å²) >= 11 is 0. The summed E-state index contributed by atoms with van der Waals surface area (Å²) in [5.41, 5.74) is 0. The van der Waals surface area contributed by atoms with Crippen LogP contribution in [-0.2, 0) is 28.6 Å². The van der Waals surface area contributed by atoms with Crippen LogP contribution in [0.4, 0.5) is 0 Å². The first-order valence-electron chi connectivity index (χ1n) is 35.7. The quantitative estimate of drug-likeness (QED) is 0.0261. The molecule has 1 unspecified atom stereocenters. The Labute approximate surface area is 515 Å². The molecule has 0 N–H and O–H groups in total. The highest BCUT2D eigenvalue weighted by molar-refractivity contribution is 5.71. The van der Waals surface area contributed by atoms with Gasteiger partial charge in [-0.25, -0.2) is 0 Å². The zero-order valence-corrected chi connectivity index (χ0v) is 54.9. The highest BCUT2D eigenvalue weighted by Crippen LogP contribution is 2.17. The molecule has 0 spiro atoms. The number of carbonyl (C=O) groups is 3. The van der Waals surface area contributed by atoms with Crippen LogP contribution in [0.25, 0.3) is 0 Å². The van der Waals surface area contributed by atoms with Crippen LogP contribution in [0.2, 0.25) is 0 Å². The minimum atomic E-state index is -0.773. The van der Waals surface area contributed by atoms with Crippen molar-refractivity contribution in [1.82, 2.24) is 0 Å². The third-order valence-electron chi connectivity index (χ3n) is 15.6. The Morgan fingerprint density at radius 1 is 0.253 bits per heavy atom. The molecule has 0 fully saturated rings. The number of hydrogen-bond donors (Lipinski definition) is 0. The third kappa shape index (κ3) is 69.0. The Morgan fingerprint density at radius 3 is 0.747 bits per heavy atom. The summed E-state index contributed by atoms with van der Waals surface area (Å²) in [7, 11) is 0. The van der Waals surface area contributed by atoms with Gasteiger partial charge in [0.1, 0.15) is 13.2 Å². The lowest BCUT2D eigenvalue weighted by atomic mass is 10.0. The first-order chi connectivity index (χ1) is 41.0. The van der Waals surface area contributed by atoms with Gasteiger partial charge in [0.05, 0.1) is 0 Å². The fraction of sp³-hybridized carbons (Fsp3) is 0.753. The molecule has 0 aromatic rings. The molecule has 0 amide bonds. The van der Waals surface area contributed by atoms with E-state index in [1.54, 1.807) is 0 Å².